The van der Waals surface area contributed by atoms with Gasteiger partial charge in [-0.25, -0.2) is 4.79 Å². The largest absolute Gasteiger partial charge is 0.482 e. The molecule has 1 amide bonds. The van der Waals surface area contributed by atoms with Crippen molar-refractivity contribution >= 4 is 17.6 Å². The first kappa shape index (κ1) is 13.5. The molecule has 6 nitrogen and oxygen atoms in total. The molecule has 0 atom stereocenters. The smallest absolute Gasteiger partial charge is 0.337 e. The summed E-state index contributed by atoms with van der Waals surface area (Å²) in [5.74, 6) is -1.08. The quantitative estimate of drug-likeness (QED) is 0.866. The SMILES string of the molecule is O=C(COc1cccnc1)Nc1ccccc1C(=O)O. The zero-order valence-corrected chi connectivity index (χ0v) is 10.4. The average molecular weight is 272 g/mol. The van der Waals surface area contributed by atoms with Crippen molar-refractivity contribution in [2.45, 2.75) is 0 Å². The number of nitrogens with zero attached hydrogens (tertiary/aromatic N) is 1. The van der Waals surface area contributed by atoms with Crippen molar-refractivity contribution in [3.05, 3.63) is 54.4 Å². The molecule has 20 heavy (non-hydrogen) atoms. The van der Waals surface area contributed by atoms with Crippen molar-refractivity contribution in [3.63, 3.8) is 0 Å². The number of aromatic carboxylic acids is 1. The number of nitrogens with one attached hydrogen (secondary N) is 1. The van der Waals surface area contributed by atoms with Gasteiger partial charge in [0.2, 0.25) is 0 Å². The summed E-state index contributed by atoms with van der Waals surface area (Å²) in [5.41, 5.74) is 0.266. The highest BCUT2D eigenvalue weighted by atomic mass is 16.5. The van der Waals surface area contributed by atoms with E-state index in [1.165, 1.54) is 18.3 Å². The maximum Gasteiger partial charge on any atom is 0.337 e. The number of aromatic nitrogens is 1. The van der Waals surface area contributed by atoms with Crippen LogP contribution < -0.4 is 10.1 Å². The summed E-state index contributed by atoms with van der Waals surface area (Å²) in [5, 5.41) is 11.5. The second-order valence-corrected chi connectivity index (χ2v) is 3.88. The average Bonchev–Trinajstić information content (AvgIpc) is 2.46. The van der Waals surface area contributed by atoms with Crippen molar-refractivity contribution in [1.29, 1.82) is 0 Å². The molecular formula is C14H12N2O4. The summed E-state index contributed by atoms with van der Waals surface area (Å²) < 4.78 is 5.22. The van der Waals surface area contributed by atoms with Gasteiger partial charge in [-0.05, 0) is 24.3 Å². The number of hydrogen-bond acceptors (Lipinski definition) is 4. The van der Waals surface area contributed by atoms with Gasteiger partial charge in [0.05, 0.1) is 17.4 Å². The fraction of sp³-hybridized carbons (Fsp3) is 0.0714. The lowest BCUT2D eigenvalue weighted by atomic mass is 10.2. The Morgan fingerprint density at radius 3 is 2.70 bits per heavy atom. The van der Waals surface area contributed by atoms with E-state index in [4.69, 9.17) is 9.84 Å². The Labute approximate surface area is 115 Å². The zero-order valence-electron chi connectivity index (χ0n) is 10.4. The van der Waals surface area contributed by atoms with Crippen LogP contribution in [-0.2, 0) is 4.79 Å². The number of rotatable bonds is 5. The predicted octanol–water partition coefficient (Wildman–Crippen LogP) is 1.80. The van der Waals surface area contributed by atoms with Gasteiger partial charge in [0.15, 0.2) is 6.61 Å². The number of ether oxygens (including phenoxy) is 1. The minimum absolute atomic E-state index is 0.0298. The molecule has 1 aromatic heterocycles. The van der Waals surface area contributed by atoms with E-state index in [-0.39, 0.29) is 17.9 Å². The van der Waals surface area contributed by atoms with E-state index >= 15 is 0 Å². The van der Waals surface area contributed by atoms with Crippen molar-refractivity contribution < 1.29 is 19.4 Å². The molecule has 102 valence electrons. The third-order valence-electron chi connectivity index (χ3n) is 2.44. The number of hydrogen-bond donors (Lipinski definition) is 2. The van der Waals surface area contributed by atoms with Crippen LogP contribution in [0.5, 0.6) is 5.75 Å². The lowest BCUT2D eigenvalue weighted by molar-refractivity contribution is -0.118. The van der Waals surface area contributed by atoms with Gasteiger partial charge in [-0.2, -0.15) is 0 Å². The predicted molar refractivity (Wildman–Crippen MR) is 71.8 cm³/mol. The van der Waals surface area contributed by atoms with Gasteiger partial charge in [0, 0.05) is 6.20 Å². The van der Waals surface area contributed by atoms with Gasteiger partial charge in [-0.3, -0.25) is 9.78 Å². The normalized spacial score (nSPS) is 9.80. The van der Waals surface area contributed by atoms with Crippen molar-refractivity contribution in [2.75, 3.05) is 11.9 Å². The molecule has 0 radical (unpaired) electrons. The van der Waals surface area contributed by atoms with Crippen LogP contribution in [0.3, 0.4) is 0 Å². The number of carboxylic acids is 1. The Hall–Kier alpha value is -2.89. The first-order chi connectivity index (χ1) is 9.66. The second-order valence-electron chi connectivity index (χ2n) is 3.88. The number of carboxylic acid groups (broad SMARTS) is 1. The minimum Gasteiger partial charge on any atom is -0.482 e. The Kier molecular flexibility index (Phi) is 4.28. The number of carbonyl (C=O) groups is 2. The third-order valence-corrected chi connectivity index (χ3v) is 2.44. The lowest BCUT2D eigenvalue weighted by Crippen LogP contribution is -2.21. The molecule has 2 N–H and O–H groups in total. The topological polar surface area (TPSA) is 88.5 Å². The van der Waals surface area contributed by atoms with Gasteiger partial charge < -0.3 is 15.2 Å². The summed E-state index contributed by atoms with van der Waals surface area (Å²) in [6.07, 6.45) is 3.08. The maximum atomic E-state index is 11.7. The van der Waals surface area contributed by atoms with Gasteiger partial charge >= 0.3 is 5.97 Å². The van der Waals surface area contributed by atoms with Crippen LogP contribution in [0.25, 0.3) is 0 Å². The van der Waals surface area contributed by atoms with Crippen molar-refractivity contribution in [2.24, 2.45) is 0 Å². The number of anilines is 1. The van der Waals surface area contributed by atoms with Crippen LogP contribution in [0.2, 0.25) is 0 Å². The molecule has 6 heteroatoms. The molecule has 1 aromatic carbocycles. The van der Waals surface area contributed by atoms with E-state index in [1.54, 1.807) is 30.5 Å². The summed E-state index contributed by atoms with van der Waals surface area (Å²) in [4.78, 5) is 26.6. The standard InChI is InChI=1S/C14H12N2O4/c17-13(9-20-10-4-3-7-15-8-10)16-12-6-2-1-5-11(12)14(18)19/h1-8H,9H2,(H,16,17)(H,18,19). The van der Waals surface area contributed by atoms with E-state index in [1.807, 2.05) is 0 Å². The first-order valence-electron chi connectivity index (χ1n) is 5.82. The molecule has 2 rings (SSSR count). The molecule has 0 aliphatic carbocycles. The number of amides is 1. The lowest BCUT2D eigenvalue weighted by Gasteiger charge is -2.09. The number of para-hydroxylation sites is 1. The highest BCUT2D eigenvalue weighted by Gasteiger charge is 2.11. The highest BCUT2D eigenvalue weighted by Crippen LogP contribution is 2.15. The summed E-state index contributed by atoms with van der Waals surface area (Å²) in [6, 6.07) is 9.53. The fourth-order valence-corrected chi connectivity index (χ4v) is 1.55. The van der Waals surface area contributed by atoms with Crippen LogP contribution in [-0.4, -0.2) is 28.6 Å². The molecule has 0 aliphatic rings. The Balaban J connectivity index is 1.97. The molecule has 0 spiro atoms. The summed E-state index contributed by atoms with van der Waals surface area (Å²) >= 11 is 0. The highest BCUT2D eigenvalue weighted by molar-refractivity contribution is 6.00. The van der Waals surface area contributed by atoms with Crippen LogP contribution in [0.4, 0.5) is 5.69 Å². The molecule has 0 unspecified atom stereocenters. The van der Waals surface area contributed by atoms with E-state index < -0.39 is 11.9 Å². The van der Waals surface area contributed by atoms with Gasteiger partial charge in [0.1, 0.15) is 5.75 Å². The number of carbonyl (C=O) groups excluding carboxylic acids is 1. The first-order valence-corrected chi connectivity index (χ1v) is 5.82. The van der Waals surface area contributed by atoms with Gasteiger partial charge in [-0.1, -0.05) is 12.1 Å². The molecule has 2 aromatic rings. The van der Waals surface area contributed by atoms with Gasteiger partial charge in [-0.15, -0.1) is 0 Å². The summed E-state index contributed by atoms with van der Waals surface area (Å²) in [6.45, 7) is -0.223. The zero-order chi connectivity index (χ0) is 14.4. The van der Waals surface area contributed by atoms with Crippen LogP contribution in [0.1, 0.15) is 10.4 Å². The molecule has 0 saturated carbocycles. The summed E-state index contributed by atoms with van der Waals surface area (Å²) in [7, 11) is 0. The molecule has 0 saturated heterocycles. The molecule has 0 aliphatic heterocycles. The van der Waals surface area contributed by atoms with Crippen molar-refractivity contribution in [1.82, 2.24) is 4.98 Å². The molecule has 0 bridgehead atoms. The van der Waals surface area contributed by atoms with E-state index in [0.29, 0.717) is 5.75 Å². The second kappa shape index (κ2) is 6.33. The minimum atomic E-state index is -1.10. The van der Waals surface area contributed by atoms with E-state index in [9.17, 15) is 9.59 Å². The van der Waals surface area contributed by atoms with Crippen LogP contribution in [0.15, 0.2) is 48.8 Å². The number of benzene rings is 1. The van der Waals surface area contributed by atoms with Crippen LogP contribution in [0, 0.1) is 0 Å². The van der Waals surface area contributed by atoms with Gasteiger partial charge in [0.25, 0.3) is 5.91 Å². The third kappa shape index (κ3) is 3.55. The maximum absolute atomic E-state index is 11.7. The van der Waals surface area contributed by atoms with E-state index in [2.05, 4.69) is 10.3 Å². The Bertz CT molecular complexity index is 614. The monoisotopic (exact) mass is 272 g/mol. The Morgan fingerprint density at radius 1 is 1.20 bits per heavy atom. The molecular weight excluding hydrogens is 260 g/mol. The Morgan fingerprint density at radius 2 is 2.00 bits per heavy atom. The fourth-order valence-electron chi connectivity index (χ4n) is 1.55. The van der Waals surface area contributed by atoms with E-state index in [0.717, 1.165) is 0 Å². The van der Waals surface area contributed by atoms with Crippen LogP contribution >= 0.6 is 0 Å². The molecule has 1 heterocycles. The molecule has 0 fully saturated rings. The van der Waals surface area contributed by atoms with Crippen molar-refractivity contribution in [3.8, 4) is 5.75 Å². The number of pyridine rings is 1.